The van der Waals surface area contributed by atoms with Gasteiger partial charge in [-0.25, -0.2) is 4.98 Å². The second-order valence-corrected chi connectivity index (χ2v) is 5.79. The molecule has 4 heteroatoms. The van der Waals surface area contributed by atoms with Gasteiger partial charge in [0.25, 0.3) is 0 Å². The zero-order chi connectivity index (χ0) is 14.5. The topological polar surface area (TPSA) is 55.9 Å². The van der Waals surface area contributed by atoms with Crippen LogP contribution in [0, 0.1) is 5.92 Å². The smallest absolute Gasteiger partial charge is 0.109 e. The van der Waals surface area contributed by atoms with E-state index in [1.165, 1.54) is 5.52 Å². The number of nitrogens with zero attached hydrogens (tertiary/aromatic N) is 2. The van der Waals surface area contributed by atoms with E-state index in [2.05, 4.69) is 54.0 Å². The maximum Gasteiger partial charge on any atom is 0.109 e. The van der Waals surface area contributed by atoms with Crippen molar-refractivity contribution in [3.8, 4) is 0 Å². The zero-order valence-corrected chi connectivity index (χ0v) is 12.8. The molecule has 0 aliphatic rings. The summed E-state index contributed by atoms with van der Waals surface area (Å²) in [5.41, 5.74) is 8.29. The molecule has 1 heterocycles. The van der Waals surface area contributed by atoms with Crippen LogP contribution >= 0.6 is 0 Å². The molecule has 1 aromatic heterocycles. The molecule has 0 saturated carbocycles. The van der Waals surface area contributed by atoms with Gasteiger partial charge in [-0.3, -0.25) is 0 Å². The summed E-state index contributed by atoms with van der Waals surface area (Å²) >= 11 is 0. The summed E-state index contributed by atoms with van der Waals surface area (Å²) < 4.78 is 2.19. The summed E-state index contributed by atoms with van der Waals surface area (Å²) in [6, 6.07) is 8.52. The fraction of sp³-hybridized carbons (Fsp3) is 0.562. The van der Waals surface area contributed by atoms with E-state index in [0.717, 1.165) is 37.3 Å². The van der Waals surface area contributed by atoms with Crippen LogP contribution in [0.1, 0.15) is 26.1 Å². The molecule has 1 atom stereocenters. The summed E-state index contributed by atoms with van der Waals surface area (Å²) in [6.07, 6.45) is 2.08. The van der Waals surface area contributed by atoms with Crippen LogP contribution in [0.4, 0.5) is 0 Å². The Morgan fingerprint density at radius 2 is 2.05 bits per heavy atom. The number of imidazole rings is 1. The number of benzene rings is 1. The Bertz CT molecular complexity index is 544. The Morgan fingerprint density at radius 1 is 1.30 bits per heavy atom. The maximum absolute atomic E-state index is 6.01. The molecule has 0 spiro atoms. The first-order chi connectivity index (χ1) is 9.59. The molecule has 0 radical (unpaired) electrons. The molecule has 0 fully saturated rings. The molecular formula is C16H26N4. The van der Waals surface area contributed by atoms with Crippen LogP contribution in [0.3, 0.4) is 0 Å². The van der Waals surface area contributed by atoms with E-state index < -0.39 is 0 Å². The monoisotopic (exact) mass is 274 g/mol. The minimum atomic E-state index is 0.241. The summed E-state index contributed by atoms with van der Waals surface area (Å²) in [5.74, 6) is 1.68. The lowest BCUT2D eigenvalue weighted by Gasteiger charge is -2.16. The molecule has 3 N–H and O–H groups in total. The number of fused-ring (bicyclic) bond motifs is 1. The molecule has 4 nitrogen and oxygen atoms in total. The van der Waals surface area contributed by atoms with Crippen LogP contribution in [0.2, 0.25) is 0 Å². The van der Waals surface area contributed by atoms with E-state index in [4.69, 9.17) is 5.73 Å². The number of nitrogens with two attached hydrogens (primary N) is 1. The normalized spacial score (nSPS) is 13.2. The Labute approximate surface area is 121 Å². The SMILES string of the molecule is CC(C)C(N)CNCCCc1nc2ccccc2n1C. The van der Waals surface area contributed by atoms with Gasteiger partial charge in [-0.2, -0.15) is 0 Å². The highest BCUT2D eigenvalue weighted by Gasteiger charge is 2.08. The third-order valence-corrected chi connectivity index (χ3v) is 3.87. The summed E-state index contributed by atoms with van der Waals surface area (Å²) in [7, 11) is 2.09. The fourth-order valence-corrected chi connectivity index (χ4v) is 2.29. The van der Waals surface area contributed by atoms with Crippen molar-refractivity contribution in [2.24, 2.45) is 18.7 Å². The first-order valence-electron chi connectivity index (χ1n) is 7.46. The van der Waals surface area contributed by atoms with Gasteiger partial charge < -0.3 is 15.6 Å². The Balaban J connectivity index is 1.80. The lowest BCUT2D eigenvalue weighted by molar-refractivity contribution is 0.456. The van der Waals surface area contributed by atoms with Gasteiger partial charge in [0.1, 0.15) is 5.82 Å². The number of hydrogen-bond acceptors (Lipinski definition) is 3. The second-order valence-electron chi connectivity index (χ2n) is 5.79. The van der Waals surface area contributed by atoms with Gasteiger partial charge >= 0.3 is 0 Å². The first kappa shape index (κ1) is 15.0. The highest BCUT2D eigenvalue weighted by Crippen LogP contribution is 2.14. The maximum atomic E-state index is 6.01. The minimum absolute atomic E-state index is 0.241. The summed E-state index contributed by atoms with van der Waals surface area (Å²) in [6.45, 7) is 6.20. The molecule has 0 aliphatic carbocycles. The quantitative estimate of drug-likeness (QED) is 0.760. The van der Waals surface area contributed by atoms with Crippen LogP contribution in [0.25, 0.3) is 11.0 Å². The molecule has 0 aliphatic heterocycles. The fourth-order valence-electron chi connectivity index (χ4n) is 2.29. The van der Waals surface area contributed by atoms with Crippen molar-refractivity contribution in [3.05, 3.63) is 30.1 Å². The van der Waals surface area contributed by atoms with Gasteiger partial charge in [0.2, 0.25) is 0 Å². The van der Waals surface area contributed by atoms with E-state index >= 15 is 0 Å². The van der Waals surface area contributed by atoms with E-state index in [9.17, 15) is 0 Å². The first-order valence-corrected chi connectivity index (χ1v) is 7.46. The Kier molecular flexibility index (Phi) is 5.15. The van der Waals surface area contributed by atoms with Crippen LogP contribution in [-0.2, 0) is 13.5 Å². The lowest BCUT2D eigenvalue weighted by atomic mass is 10.1. The van der Waals surface area contributed by atoms with Crippen molar-refractivity contribution < 1.29 is 0 Å². The molecule has 2 aromatic rings. The number of hydrogen-bond donors (Lipinski definition) is 2. The molecule has 20 heavy (non-hydrogen) atoms. The number of nitrogens with one attached hydrogen (secondary N) is 1. The summed E-state index contributed by atoms with van der Waals surface area (Å²) in [5, 5.41) is 3.43. The predicted molar refractivity (Wildman–Crippen MR) is 84.7 cm³/mol. The Morgan fingerprint density at radius 3 is 2.75 bits per heavy atom. The molecule has 1 aromatic carbocycles. The highest BCUT2D eigenvalue weighted by molar-refractivity contribution is 5.75. The van der Waals surface area contributed by atoms with E-state index in [1.807, 2.05) is 6.07 Å². The molecule has 110 valence electrons. The largest absolute Gasteiger partial charge is 0.331 e. The standard InChI is InChI=1S/C16H26N4/c1-12(2)13(17)11-18-10-6-9-16-19-14-7-4-5-8-15(14)20(16)3/h4-5,7-8,12-13,18H,6,9-11,17H2,1-3H3. The van der Waals surface area contributed by atoms with Crippen molar-refractivity contribution in [1.82, 2.24) is 14.9 Å². The van der Waals surface area contributed by atoms with E-state index in [-0.39, 0.29) is 6.04 Å². The van der Waals surface area contributed by atoms with Crippen LogP contribution in [0.15, 0.2) is 24.3 Å². The van der Waals surface area contributed by atoms with Gasteiger partial charge in [-0.05, 0) is 31.0 Å². The highest BCUT2D eigenvalue weighted by atomic mass is 15.1. The number of aryl methyl sites for hydroxylation is 2. The zero-order valence-electron chi connectivity index (χ0n) is 12.8. The van der Waals surface area contributed by atoms with Gasteiger partial charge in [-0.15, -0.1) is 0 Å². The van der Waals surface area contributed by atoms with Crippen molar-refractivity contribution in [3.63, 3.8) is 0 Å². The number of rotatable bonds is 7. The van der Waals surface area contributed by atoms with Crippen LogP contribution in [-0.4, -0.2) is 28.7 Å². The lowest BCUT2D eigenvalue weighted by Crippen LogP contribution is -2.38. The van der Waals surface area contributed by atoms with Crippen LogP contribution < -0.4 is 11.1 Å². The van der Waals surface area contributed by atoms with Crippen molar-refractivity contribution in [1.29, 1.82) is 0 Å². The van der Waals surface area contributed by atoms with Gasteiger partial charge in [0.05, 0.1) is 11.0 Å². The molecule has 1 unspecified atom stereocenters. The minimum Gasteiger partial charge on any atom is -0.331 e. The average molecular weight is 274 g/mol. The molecule has 0 bridgehead atoms. The van der Waals surface area contributed by atoms with Crippen molar-refractivity contribution in [2.45, 2.75) is 32.7 Å². The van der Waals surface area contributed by atoms with E-state index in [1.54, 1.807) is 0 Å². The summed E-state index contributed by atoms with van der Waals surface area (Å²) in [4.78, 5) is 4.68. The predicted octanol–water partition coefficient (Wildman–Crippen LogP) is 2.08. The van der Waals surface area contributed by atoms with Gasteiger partial charge in [-0.1, -0.05) is 26.0 Å². The van der Waals surface area contributed by atoms with Crippen molar-refractivity contribution >= 4 is 11.0 Å². The van der Waals surface area contributed by atoms with E-state index in [0.29, 0.717) is 5.92 Å². The van der Waals surface area contributed by atoms with Gasteiger partial charge in [0, 0.05) is 26.1 Å². The van der Waals surface area contributed by atoms with Gasteiger partial charge in [0.15, 0.2) is 0 Å². The molecular weight excluding hydrogens is 248 g/mol. The molecule has 0 amide bonds. The number of para-hydroxylation sites is 2. The third kappa shape index (κ3) is 3.58. The average Bonchev–Trinajstić information content (AvgIpc) is 2.75. The Hall–Kier alpha value is -1.39. The molecule has 2 rings (SSSR count). The van der Waals surface area contributed by atoms with Crippen LogP contribution in [0.5, 0.6) is 0 Å². The second kappa shape index (κ2) is 6.86. The number of aromatic nitrogens is 2. The molecule has 0 saturated heterocycles. The van der Waals surface area contributed by atoms with Crippen molar-refractivity contribution in [2.75, 3.05) is 13.1 Å². The third-order valence-electron chi connectivity index (χ3n) is 3.87.